The first-order valence-corrected chi connectivity index (χ1v) is 18.7. The number of aliphatic hydroxyl groups is 2. The Bertz CT molecular complexity index is 1110. The van der Waals surface area contributed by atoms with Crippen molar-refractivity contribution in [2.45, 2.75) is 123 Å². The Morgan fingerprint density at radius 3 is 1.14 bits per heavy atom. The van der Waals surface area contributed by atoms with Crippen molar-refractivity contribution in [3.05, 3.63) is 0 Å². The van der Waals surface area contributed by atoms with Crippen LogP contribution >= 0.6 is 0 Å². The minimum atomic E-state index is -1.37. The molecule has 21 heteroatoms. The average molecular weight is 835 g/mol. The van der Waals surface area contributed by atoms with E-state index in [0.717, 1.165) is 0 Å². The van der Waals surface area contributed by atoms with E-state index in [0.29, 0.717) is 0 Å². The summed E-state index contributed by atoms with van der Waals surface area (Å²) in [6, 6.07) is 0. The molecule has 4 heterocycles. The smallest absolute Gasteiger partial charge is 0.187 e. The standard InChI is InChI=1S/C36H66O21/c1-39-13-17-22(41-3)29(47-9)32(50-12)36(56-17)57-25-18(14-40-2)54-34(21(37)26(25)44-6)51-16-20-24(43-5)28(46-8)31(49-11)35(55-20)52-15-19-23(42-4)27(45-7)30(48-10)33(38)53-19/h17-38H,13-16H2,1-12H3/t17-,18-,19-,20-,21-,22-,23-,24-,25-,26-,27+,28+,29+,30-,31-,32-,33-,34-,35-,36-/m1/s1. The van der Waals surface area contributed by atoms with E-state index in [1.807, 2.05) is 0 Å². The molecule has 0 amide bonds. The van der Waals surface area contributed by atoms with E-state index in [4.69, 9.17) is 90.0 Å². The van der Waals surface area contributed by atoms with E-state index >= 15 is 0 Å². The maximum atomic E-state index is 11.7. The van der Waals surface area contributed by atoms with E-state index in [9.17, 15) is 10.2 Å². The van der Waals surface area contributed by atoms with Gasteiger partial charge in [-0.2, -0.15) is 0 Å². The maximum absolute atomic E-state index is 11.7. The van der Waals surface area contributed by atoms with Gasteiger partial charge in [0.2, 0.25) is 0 Å². The molecule has 4 fully saturated rings. The van der Waals surface area contributed by atoms with Gasteiger partial charge in [-0.3, -0.25) is 0 Å². The quantitative estimate of drug-likeness (QED) is 0.122. The van der Waals surface area contributed by atoms with Gasteiger partial charge >= 0.3 is 0 Å². The minimum absolute atomic E-state index is 0.0324. The number of methoxy groups -OCH3 is 12. The van der Waals surface area contributed by atoms with Crippen LogP contribution in [0.3, 0.4) is 0 Å². The van der Waals surface area contributed by atoms with Crippen LogP contribution in [0.4, 0.5) is 0 Å². The molecule has 0 aromatic rings. The van der Waals surface area contributed by atoms with Crippen molar-refractivity contribution >= 4 is 0 Å². The Hall–Kier alpha value is -0.840. The highest BCUT2D eigenvalue weighted by Crippen LogP contribution is 2.35. The lowest BCUT2D eigenvalue weighted by Crippen LogP contribution is -2.66. The van der Waals surface area contributed by atoms with Crippen molar-refractivity contribution in [3.8, 4) is 0 Å². The molecule has 4 rings (SSSR count). The lowest BCUT2D eigenvalue weighted by Gasteiger charge is -2.49. The largest absolute Gasteiger partial charge is 0.385 e. The summed E-state index contributed by atoms with van der Waals surface area (Å²) in [4.78, 5) is 0. The van der Waals surface area contributed by atoms with Gasteiger partial charge in [-0.05, 0) is 0 Å². The molecule has 0 radical (unpaired) electrons. The molecule has 0 aromatic heterocycles. The number of hydrogen-bond donors (Lipinski definition) is 2. The first kappa shape index (κ1) is 48.8. The zero-order valence-corrected chi connectivity index (χ0v) is 35.0. The molecule has 0 aromatic carbocycles. The predicted octanol–water partition coefficient (Wildman–Crippen LogP) is -1.90. The lowest BCUT2D eigenvalue weighted by atomic mass is 9.96. The third-order valence-electron chi connectivity index (χ3n) is 10.9. The van der Waals surface area contributed by atoms with Crippen molar-refractivity contribution in [2.24, 2.45) is 0 Å². The van der Waals surface area contributed by atoms with E-state index in [1.165, 1.54) is 64.0 Å². The number of hydrogen-bond acceptors (Lipinski definition) is 21. The van der Waals surface area contributed by atoms with Crippen molar-refractivity contribution < 1.29 is 100 Å². The van der Waals surface area contributed by atoms with Crippen LogP contribution in [-0.2, 0) is 90.0 Å². The molecule has 336 valence electrons. The van der Waals surface area contributed by atoms with Gasteiger partial charge in [-0.25, -0.2) is 0 Å². The second-order valence-corrected chi connectivity index (χ2v) is 13.9. The third-order valence-corrected chi connectivity index (χ3v) is 10.9. The summed E-state index contributed by atoms with van der Waals surface area (Å²) in [7, 11) is 18.0. The zero-order valence-electron chi connectivity index (χ0n) is 35.0. The van der Waals surface area contributed by atoms with E-state index in [2.05, 4.69) is 0 Å². The Balaban J connectivity index is 1.50. The van der Waals surface area contributed by atoms with Gasteiger partial charge in [-0.1, -0.05) is 0 Å². The molecule has 4 saturated heterocycles. The van der Waals surface area contributed by atoms with Crippen LogP contribution in [0.1, 0.15) is 0 Å². The normalized spacial score (nSPS) is 44.3. The molecule has 4 aliphatic rings. The van der Waals surface area contributed by atoms with Gasteiger partial charge in [-0.15, -0.1) is 0 Å². The molecule has 57 heavy (non-hydrogen) atoms. The summed E-state index contributed by atoms with van der Waals surface area (Å²) in [5, 5.41) is 22.3. The molecule has 0 aliphatic carbocycles. The summed E-state index contributed by atoms with van der Waals surface area (Å²) in [5.74, 6) is 0. The molecule has 0 spiro atoms. The van der Waals surface area contributed by atoms with Gasteiger partial charge in [0.15, 0.2) is 25.2 Å². The van der Waals surface area contributed by atoms with Gasteiger partial charge < -0.3 is 100 Å². The predicted molar refractivity (Wildman–Crippen MR) is 191 cm³/mol. The monoisotopic (exact) mass is 834 g/mol. The second kappa shape index (κ2) is 24.0. The van der Waals surface area contributed by atoms with Gasteiger partial charge in [0, 0.05) is 85.3 Å². The van der Waals surface area contributed by atoms with Crippen LogP contribution in [0.2, 0.25) is 0 Å². The SMILES string of the molecule is COC[C@H]1O[C@H](O[C@H]2[C@H](OC)[C@@H](O)[C@H](OC[C@H]3O[C@@H](OC[C@H]4O[C@@H](O)[C@H](OC)[C@@H](OC)[C@@H]4OC)[C@H](OC)[C@@H](OC)[C@@H]3OC)O[C@@H]2COC)[C@H](OC)[C@@H](OC)[C@@H]1OC. The highest BCUT2D eigenvalue weighted by molar-refractivity contribution is 4.98. The van der Waals surface area contributed by atoms with Gasteiger partial charge in [0.1, 0.15) is 97.7 Å². The molecule has 0 bridgehead atoms. The molecular formula is C36H66O21. The first-order valence-electron chi connectivity index (χ1n) is 18.7. The fourth-order valence-corrected chi connectivity index (χ4v) is 8.17. The molecule has 0 unspecified atom stereocenters. The summed E-state index contributed by atoms with van der Waals surface area (Å²) in [6.07, 6.45) is -17.1. The van der Waals surface area contributed by atoms with Crippen LogP contribution in [-0.4, -0.2) is 245 Å². The minimum Gasteiger partial charge on any atom is -0.385 e. The summed E-state index contributed by atoms with van der Waals surface area (Å²) >= 11 is 0. The Kier molecular flexibility index (Phi) is 20.5. The number of aliphatic hydroxyl groups excluding tert-OH is 2. The lowest BCUT2D eigenvalue weighted by molar-refractivity contribution is -0.371. The highest BCUT2D eigenvalue weighted by Gasteiger charge is 2.55. The molecular weight excluding hydrogens is 768 g/mol. The molecule has 20 atom stereocenters. The van der Waals surface area contributed by atoms with Crippen LogP contribution in [0.15, 0.2) is 0 Å². The van der Waals surface area contributed by atoms with Crippen molar-refractivity contribution in [1.29, 1.82) is 0 Å². The second-order valence-electron chi connectivity index (χ2n) is 13.9. The molecule has 0 saturated carbocycles. The maximum Gasteiger partial charge on any atom is 0.187 e. The van der Waals surface area contributed by atoms with E-state index < -0.39 is 123 Å². The van der Waals surface area contributed by atoms with Crippen molar-refractivity contribution in [1.82, 2.24) is 0 Å². The van der Waals surface area contributed by atoms with E-state index in [1.54, 1.807) is 21.3 Å². The van der Waals surface area contributed by atoms with E-state index in [-0.39, 0.29) is 26.4 Å². The van der Waals surface area contributed by atoms with Crippen LogP contribution < -0.4 is 0 Å². The summed E-state index contributed by atoms with van der Waals surface area (Å²) in [6.45, 7) is -0.0475. The van der Waals surface area contributed by atoms with Gasteiger partial charge in [0.25, 0.3) is 0 Å². The Morgan fingerprint density at radius 1 is 0.333 bits per heavy atom. The molecule has 21 nitrogen and oxygen atoms in total. The topological polar surface area (TPSA) is 216 Å². The number of ether oxygens (including phenoxy) is 19. The summed E-state index contributed by atoms with van der Waals surface area (Å²) in [5.41, 5.74) is 0. The highest BCUT2D eigenvalue weighted by atomic mass is 16.8. The average Bonchev–Trinajstić information content (AvgIpc) is 3.22. The van der Waals surface area contributed by atoms with Crippen LogP contribution in [0.5, 0.6) is 0 Å². The summed E-state index contributed by atoms with van der Waals surface area (Å²) < 4.78 is 112. The zero-order chi connectivity index (χ0) is 41.8. The molecule has 2 N–H and O–H groups in total. The fraction of sp³-hybridized carbons (Fsp3) is 1.00. The van der Waals surface area contributed by atoms with Crippen molar-refractivity contribution in [2.75, 3.05) is 112 Å². The van der Waals surface area contributed by atoms with Gasteiger partial charge in [0.05, 0.1) is 26.4 Å². The van der Waals surface area contributed by atoms with Crippen molar-refractivity contribution in [3.63, 3.8) is 0 Å². The Labute approximate surface area is 334 Å². The third kappa shape index (κ3) is 11.0. The molecule has 4 aliphatic heterocycles. The Morgan fingerprint density at radius 2 is 0.684 bits per heavy atom. The number of rotatable bonds is 22. The fourth-order valence-electron chi connectivity index (χ4n) is 8.17. The van der Waals surface area contributed by atoms with Crippen LogP contribution in [0.25, 0.3) is 0 Å². The first-order chi connectivity index (χ1) is 27.6. The van der Waals surface area contributed by atoms with Crippen LogP contribution in [0, 0.1) is 0 Å².